The number of aromatic nitrogens is 3. The van der Waals surface area contributed by atoms with Gasteiger partial charge in [-0.3, -0.25) is 0 Å². The first kappa shape index (κ1) is 9.67. The molecular weight excluding hydrogens is 160 g/mol. The van der Waals surface area contributed by atoms with Crippen molar-refractivity contribution in [2.24, 2.45) is 0 Å². The molecule has 0 fully saturated rings. The van der Waals surface area contributed by atoms with Gasteiger partial charge >= 0.3 is 37.7 Å². The van der Waals surface area contributed by atoms with E-state index in [0.29, 0.717) is 0 Å². The Bertz CT molecular complexity index is 182. The monoisotopic (exact) mass is 168 g/mol. The molecule has 0 atom stereocenters. The van der Waals surface area contributed by atoms with Gasteiger partial charge in [-0.1, -0.05) is 0 Å². The molecule has 6 nitrogen and oxygen atoms in total. The smallest absolute Gasteiger partial charge is 1.00 e. The summed E-state index contributed by atoms with van der Waals surface area (Å²) >= 11 is 0. The summed E-state index contributed by atoms with van der Waals surface area (Å²) in [4.78, 5) is 10.5. The fourth-order valence-electron chi connectivity index (χ4n) is 0.427. The SMILES string of the molecule is Nc1nc(N)nc(N)n1.[Ca+2].[H-].[H-]. The molecule has 0 aromatic carbocycles. The van der Waals surface area contributed by atoms with E-state index in [0.717, 1.165) is 0 Å². The number of anilines is 3. The molecule has 0 saturated carbocycles. The summed E-state index contributed by atoms with van der Waals surface area (Å²) in [5.41, 5.74) is 15.4. The maximum Gasteiger partial charge on any atom is 2.00 e. The topological polar surface area (TPSA) is 117 Å². The van der Waals surface area contributed by atoms with Gasteiger partial charge in [0.1, 0.15) is 0 Å². The average Bonchev–Trinajstić information content (AvgIpc) is 1.59. The molecule has 0 unspecified atom stereocenters. The van der Waals surface area contributed by atoms with Gasteiger partial charge < -0.3 is 20.1 Å². The van der Waals surface area contributed by atoms with Crippen LogP contribution in [0, 0.1) is 0 Å². The molecule has 1 heterocycles. The summed E-state index contributed by atoms with van der Waals surface area (Å²) in [5.74, 6) is 0.125. The molecule has 7 heteroatoms. The second-order valence-electron chi connectivity index (χ2n) is 1.41. The van der Waals surface area contributed by atoms with Crippen LogP contribution in [0.5, 0.6) is 0 Å². The Hall–Kier alpha value is -0.330. The molecular formula is C3H8CaN6. The third-order valence-electron chi connectivity index (χ3n) is 0.687. The maximum absolute atomic E-state index is 5.14. The van der Waals surface area contributed by atoms with Crippen molar-refractivity contribution >= 4 is 55.6 Å². The molecule has 0 aliphatic heterocycles. The van der Waals surface area contributed by atoms with Crippen LogP contribution in [-0.2, 0) is 0 Å². The minimum Gasteiger partial charge on any atom is -1.00 e. The fourth-order valence-corrected chi connectivity index (χ4v) is 0.427. The maximum atomic E-state index is 5.14. The summed E-state index contributed by atoms with van der Waals surface area (Å²) in [6, 6.07) is 0. The molecule has 0 radical (unpaired) electrons. The van der Waals surface area contributed by atoms with Gasteiger partial charge in [-0.15, -0.1) is 0 Å². The first-order chi connectivity index (χ1) is 4.18. The van der Waals surface area contributed by atoms with Gasteiger partial charge in [0.2, 0.25) is 17.8 Å². The summed E-state index contributed by atoms with van der Waals surface area (Å²) in [6.07, 6.45) is 0. The Morgan fingerprint density at radius 2 is 1.00 bits per heavy atom. The van der Waals surface area contributed by atoms with E-state index in [1.54, 1.807) is 0 Å². The molecule has 0 aliphatic rings. The summed E-state index contributed by atoms with van der Waals surface area (Å²) in [7, 11) is 0. The second-order valence-corrected chi connectivity index (χ2v) is 1.41. The van der Waals surface area contributed by atoms with Crippen molar-refractivity contribution in [3.63, 3.8) is 0 Å². The number of hydrogen-bond acceptors (Lipinski definition) is 6. The van der Waals surface area contributed by atoms with Gasteiger partial charge in [0.15, 0.2) is 0 Å². The molecule has 0 aliphatic carbocycles. The Labute approximate surface area is 90.2 Å². The van der Waals surface area contributed by atoms with Crippen molar-refractivity contribution in [1.29, 1.82) is 0 Å². The molecule has 0 saturated heterocycles. The van der Waals surface area contributed by atoms with E-state index in [9.17, 15) is 0 Å². The van der Waals surface area contributed by atoms with Gasteiger partial charge in [0.05, 0.1) is 0 Å². The molecule has 0 bridgehead atoms. The third kappa shape index (κ3) is 2.51. The predicted octanol–water partition coefficient (Wildman–Crippen LogP) is -1.54. The zero-order valence-electron chi connectivity index (χ0n) is 7.28. The zero-order valence-corrected chi connectivity index (χ0v) is 7.49. The number of rotatable bonds is 0. The Morgan fingerprint density at radius 1 is 0.800 bits per heavy atom. The van der Waals surface area contributed by atoms with E-state index in [-0.39, 0.29) is 58.4 Å². The van der Waals surface area contributed by atoms with Crippen molar-refractivity contribution in [2.45, 2.75) is 0 Å². The summed E-state index contributed by atoms with van der Waals surface area (Å²) in [5, 5.41) is 0. The van der Waals surface area contributed by atoms with Crippen LogP contribution in [0.25, 0.3) is 0 Å². The second kappa shape index (κ2) is 3.74. The number of nitrogens with two attached hydrogens (primary N) is 3. The molecule has 1 aromatic rings. The first-order valence-electron chi connectivity index (χ1n) is 2.21. The van der Waals surface area contributed by atoms with E-state index in [1.165, 1.54) is 0 Å². The van der Waals surface area contributed by atoms with Gasteiger partial charge in [0.25, 0.3) is 0 Å². The van der Waals surface area contributed by atoms with Crippen molar-refractivity contribution in [2.75, 3.05) is 17.2 Å². The quantitative estimate of drug-likeness (QED) is 0.404. The van der Waals surface area contributed by atoms with E-state index in [4.69, 9.17) is 17.2 Å². The van der Waals surface area contributed by atoms with Crippen LogP contribution in [0.3, 0.4) is 0 Å². The predicted molar refractivity (Wildman–Crippen MR) is 41.0 cm³/mol. The average molecular weight is 168 g/mol. The normalized spacial score (nSPS) is 8.40. The molecule has 52 valence electrons. The largest absolute Gasteiger partial charge is 2.00 e. The van der Waals surface area contributed by atoms with E-state index >= 15 is 0 Å². The van der Waals surface area contributed by atoms with Crippen LogP contribution < -0.4 is 17.2 Å². The van der Waals surface area contributed by atoms with E-state index < -0.39 is 0 Å². The fraction of sp³-hybridized carbons (Fsp3) is 0. The van der Waals surface area contributed by atoms with Gasteiger partial charge in [-0.25, -0.2) is 0 Å². The number of nitrogens with zero attached hydrogens (tertiary/aromatic N) is 3. The number of hydrogen-bond donors (Lipinski definition) is 3. The molecule has 6 N–H and O–H groups in total. The summed E-state index contributed by atoms with van der Waals surface area (Å²) < 4.78 is 0. The minimum absolute atomic E-state index is 0. The van der Waals surface area contributed by atoms with Crippen molar-refractivity contribution in [3.05, 3.63) is 0 Å². The molecule has 1 aromatic heterocycles. The zero-order chi connectivity index (χ0) is 6.85. The van der Waals surface area contributed by atoms with E-state index in [2.05, 4.69) is 15.0 Å². The van der Waals surface area contributed by atoms with Crippen molar-refractivity contribution in [3.8, 4) is 0 Å². The Balaban J connectivity index is -0.000000270. The standard InChI is InChI=1S/C3H6N6.Ca.2H/c4-1-7-2(5)9-3(6)8-1;;;/h(H6,4,5,6,7,8,9);;;/q;+2;2*-1. The third-order valence-corrected chi connectivity index (χ3v) is 0.687. The van der Waals surface area contributed by atoms with Crippen LogP contribution in [0.1, 0.15) is 2.85 Å². The van der Waals surface area contributed by atoms with Crippen LogP contribution in [0.4, 0.5) is 17.8 Å². The molecule has 1 rings (SSSR count). The molecule has 10 heavy (non-hydrogen) atoms. The van der Waals surface area contributed by atoms with Crippen molar-refractivity contribution in [1.82, 2.24) is 15.0 Å². The number of nitrogen functional groups attached to an aromatic ring is 3. The van der Waals surface area contributed by atoms with Crippen LogP contribution in [0.2, 0.25) is 0 Å². The van der Waals surface area contributed by atoms with Crippen LogP contribution in [0.15, 0.2) is 0 Å². The van der Waals surface area contributed by atoms with Gasteiger partial charge in [0, 0.05) is 0 Å². The van der Waals surface area contributed by atoms with Crippen LogP contribution in [-0.4, -0.2) is 52.7 Å². The Kier molecular flexibility index (Phi) is 3.62. The van der Waals surface area contributed by atoms with Gasteiger partial charge in [-0.05, 0) is 0 Å². The van der Waals surface area contributed by atoms with E-state index in [1.807, 2.05) is 0 Å². The minimum atomic E-state index is 0. The summed E-state index contributed by atoms with van der Waals surface area (Å²) in [6.45, 7) is 0. The molecule has 0 spiro atoms. The van der Waals surface area contributed by atoms with Crippen LogP contribution >= 0.6 is 0 Å². The van der Waals surface area contributed by atoms with Crippen molar-refractivity contribution < 1.29 is 2.85 Å². The first-order valence-corrected chi connectivity index (χ1v) is 2.21. The Morgan fingerprint density at radius 3 is 1.20 bits per heavy atom. The molecule has 0 amide bonds. The van der Waals surface area contributed by atoms with Gasteiger partial charge in [-0.2, -0.15) is 15.0 Å².